The van der Waals surface area contributed by atoms with Crippen LogP contribution in [-0.2, 0) is 0 Å². The van der Waals surface area contributed by atoms with Crippen molar-refractivity contribution >= 4 is 28.2 Å². The van der Waals surface area contributed by atoms with E-state index in [1.165, 1.54) is 18.4 Å². The van der Waals surface area contributed by atoms with E-state index in [1.807, 2.05) is 29.6 Å². The number of ether oxygens (including phenoxy) is 3. The summed E-state index contributed by atoms with van der Waals surface area (Å²) >= 11 is 1.34. The summed E-state index contributed by atoms with van der Waals surface area (Å²) in [4.78, 5) is 16.7. The molecule has 3 aromatic rings. The lowest BCUT2D eigenvalue weighted by Crippen LogP contribution is -2.19. The first kappa shape index (κ1) is 18.5. The third-order valence-corrected chi connectivity index (χ3v) is 4.50. The SMILES string of the molecule is COc1cccc(-c2csc(NC(=O)Nc3ccc(OC)cc3OC)n2)c1. The van der Waals surface area contributed by atoms with Gasteiger partial charge in [-0.05, 0) is 24.3 Å². The molecule has 3 rings (SSSR count). The van der Waals surface area contributed by atoms with Crippen LogP contribution in [0.3, 0.4) is 0 Å². The second-order valence-corrected chi connectivity index (χ2v) is 6.27. The maximum absolute atomic E-state index is 12.3. The van der Waals surface area contributed by atoms with Gasteiger partial charge in [0.15, 0.2) is 5.13 Å². The maximum atomic E-state index is 12.3. The van der Waals surface area contributed by atoms with E-state index in [1.54, 1.807) is 32.4 Å². The third-order valence-electron chi connectivity index (χ3n) is 3.75. The van der Waals surface area contributed by atoms with Crippen molar-refractivity contribution in [3.63, 3.8) is 0 Å². The van der Waals surface area contributed by atoms with Gasteiger partial charge in [-0.15, -0.1) is 11.3 Å². The Morgan fingerprint density at radius 1 is 0.963 bits per heavy atom. The molecule has 0 spiro atoms. The van der Waals surface area contributed by atoms with Crippen LogP contribution in [0, 0.1) is 0 Å². The Morgan fingerprint density at radius 2 is 1.74 bits per heavy atom. The van der Waals surface area contributed by atoms with Crippen molar-refractivity contribution in [1.82, 2.24) is 4.98 Å². The van der Waals surface area contributed by atoms with Gasteiger partial charge in [-0.25, -0.2) is 9.78 Å². The van der Waals surface area contributed by atoms with E-state index >= 15 is 0 Å². The number of nitrogens with zero attached hydrogens (tertiary/aromatic N) is 1. The van der Waals surface area contributed by atoms with E-state index in [9.17, 15) is 4.79 Å². The molecule has 0 aliphatic heterocycles. The monoisotopic (exact) mass is 385 g/mol. The highest BCUT2D eigenvalue weighted by Crippen LogP contribution is 2.30. The zero-order valence-corrected chi connectivity index (χ0v) is 15.9. The molecule has 8 heteroatoms. The fourth-order valence-electron chi connectivity index (χ4n) is 2.40. The smallest absolute Gasteiger partial charge is 0.325 e. The van der Waals surface area contributed by atoms with Gasteiger partial charge in [-0.2, -0.15) is 0 Å². The van der Waals surface area contributed by atoms with E-state index in [0.29, 0.717) is 22.3 Å². The van der Waals surface area contributed by atoms with Gasteiger partial charge >= 0.3 is 6.03 Å². The van der Waals surface area contributed by atoms with Gasteiger partial charge in [0.1, 0.15) is 17.2 Å². The molecule has 0 radical (unpaired) electrons. The molecule has 140 valence electrons. The Kier molecular flexibility index (Phi) is 5.77. The molecule has 0 fully saturated rings. The number of carbonyl (C=O) groups excluding carboxylic acids is 1. The topological polar surface area (TPSA) is 81.7 Å². The summed E-state index contributed by atoms with van der Waals surface area (Å²) < 4.78 is 15.7. The van der Waals surface area contributed by atoms with Crippen LogP contribution in [0.15, 0.2) is 47.8 Å². The molecule has 7 nitrogen and oxygen atoms in total. The highest BCUT2D eigenvalue weighted by Gasteiger charge is 2.12. The Balaban J connectivity index is 1.69. The molecular formula is C19H19N3O4S. The second-order valence-electron chi connectivity index (χ2n) is 5.42. The van der Waals surface area contributed by atoms with Crippen LogP contribution in [0.5, 0.6) is 17.2 Å². The molecule has 1 aromatic heterocycles. The predicted octanol–water partition coefficient (Wildman–Crippen LogP) is 4.48. The van der Waals surface area contributed by atoms with Crippen LogP contribution in [-0.4, -0.2) is 32.3 Å². The van der Waals surface area contributed by atoms with Gasteiger partial charge in [0, 0.05) is 17.0 Å². The molecule has 0 saturated carbocycles. The van der Waals surface area contributed by atoms with Crippen molar-refractivity contribution in [2.75, 3.05) is 32.0 Å². The summed E-state index contributed by atoms with van der Waals surface area (Å²) in [7, 11) is 4.71. The number of carbonyl (C=O) groups is 1. The largest absolute Gasteiger partial charge is 0.497 e. The van der Waals surface area contributed by atoms with Crippen molar-refractivity contribution < 1.29 is 19.0 Å². The van der Waals surface area contributed by atoms with Crippen LogP contribution in [0.4, 0.5) is 15.6 Å². The fourth-order valence-corrected chi connectivity index (χ4v) is 3.11. The first-order valence-corrected chi connectivity index (χ1v) is 8.91. The average molecular weight is 385 g/mol. The van der Waals surface area contributed by atoms with Crippen LogP contribution in [0.2, 0.25) is 0 Å². The van der Waals surface area contributed by atoms with Gasteiger partial charge in [0.05, 0.1) is 32.7 Å². The quantitative estimate of drug-likeness (QED) is 0.654. The van der Waals surface area contributed by atoms with Crippen molar-refractivity contribution in [2.45, 2.75) is 0 Å². The average Bonchev–Trinajstić information content (AvgIpc) is 3.16. The number of hydrogen-bond donors (Lipinski definition) is 2. The van der Waals surface area contributed by atoms with Crippen LogP contribution >= 0.6 is 11.3 Å². The summed E-state index contributed by atoms with van der Waals surface area (Å²) in [5, 5.41) is 7.83. The van der Waals surface area contributed by atoms with E-state index in [0.717, 1.165) is 17.0 Å². The van der Waals surface area contributed by atoms with Crippen molar-refractivity contribution in [3.8, 4) is 28.5 Å². The molecule has 2 N–H and O–H groups in total. The Bertz CT molecular complexity index is 942. The number of rotatable bonds is 6. The fraction of sp³-hybridized carbons (Fsp3) is 0.158. The number of hydrogen-bond acceptors (Lipinski definition) is 6. The molecular weight excluding hydrogens is 366 g/mol. The van der Waals surface area contributed by atoms with Crippen molar-refractivity contribution in [3.05, 3.63) is 47.8 Å². The van der Waals surface area contributed by atoms with Gasteiger partial charge in [-0.3, -0.25) is 5.32 Å². The van der Waals surface area contributed by atoms with Crippen molar-refractivity contribution in [2.24, 2.45) is 0 Å². The van der Waals surface area contributed by atoms with Crippen LogP contribution in [0.1, 0.15) is 0 Å². The van der Waals surface area contributed by atoms with Gasteiger partial charge in [0.2, 0.25) is 0 Å². The van der Waals surface area contributed by atoms with E-state index in [4.69, 9.17) is 14.2 Å². The highest BCUT2D eigenvalue weighted by molar-refractivity contribution is 7.14. The molecule has 2 aromatic carbocycles. The molecule has 2 amide bonds. The summed E-state index contributed by atoms with van der Waals surface area (Å²) in [6, 6.07) is 12.3. The second kappa shape index (κ2) is 8.41. The van der Waals surface area contributed by atoms with Gasteiger partial charge in [-0.1, -0.05) is 12.1 Å². The minimum absolute atomic E-state index is 0.412. The van der Waals surface area contributed by atoms with Gasteiger partial charge in [0.25, 0.3) is 0 Å². The van der Waals surface area contributed by atoms with Crippen molar-refractivity contribution in [1.29, 1.82) is 0 Å². The molecule has 0 bridgehead atoms. The standard InChI is InChI=1S/C19H19N3O4S/c1-24-13-6-4-5-12(9-13)16-11-27-19(21-16)22-18(23)20-15-8-7-14(25-2)10-17(15)26-3/h4-11H,1-3H3,(H2,20,21,22,23). The Morgan fingerprint density at radius 3 is 2.48 bits per heavy atom. The number of thiazole rings is 1. The maximum Gasteiger partial charge on any atom is 0.325 e. The van der Waals surface area contributed by atoms with Crippen LogP contribution < -0.4 is 24.8 Å². The minimum Gasteiger partial charge on any atom is -0.497 e. The van der Waals surface area contributed by atoms with Crippen LogP contribution in [0.25, 0.3) is 11.3 Å². The molecule has 0 unspecified atom stereocenters. The normalized spacial score (nSPS) is 10.2. The number of aromatic nitrogens is 1. The lowest BCUT2D eigenvalue weighted by molar-refractivity contribution is 0.262. The minimum atomic E-state index is -0.412. The zero-order chi connectivity index (χ0) is 19.2. The molecule has 1 heterocycles. The number of methoxy groups -OCH3 is 3. The molecule has 0 aliphatic carbocycles. The summed E-state index contributed by atoms with van der Waals surface area (Å²) in [6.07, 6.45) is 0. The summed E-state index contributed by atoms with van der Waals surface area (Å²) in [5.74, 6) is 1.89. The Hall–Kier alpha value is -3.26. The van der Waals surface area contributed by atoms with E-state index in [2.05, 4.69) is 15.6 Å². The zero-order valence-electron chi connectivity index (χ0n) is 15.1. The third kappa shape index (κ3) is 4.48. The number of anilines is 2. The highest BCUT2D eigenvalue weighted by atomic mass is 32.1. The molecule has 0 saturated heterocycles. The molecule has 0 aliphatic rings. The Labute approximate surface area is 160 Å². The van der Waals surface area contributed by atoms with Gasteiger partial charge < -0.3 is 19.5 Å². The first-order chi connectivity index (χ1) is 13.1. The number of nitrogens with one attached hydrogen (secondary N) is 2. The first-order valence-electron chi connectivity index (χ1n) is 8.03. The molecule has 27 heavy (non-hydrogen) atoms. The lowest BCUT2D eigenvalue weighted by atomic mass is 10.2. The summed E-state index contributed by atoms with van der Waals surface area (Å²) in [6.45, 7) is 0. The summed E-state index contributed by atoms with van der Waals surface area (Å²) in [5.41, 5.74) is 2.20. The molecule has 0 atom stereocenters. The lowest BCUT2D eigenvalue weighted by Gasteiger charge is -2.11. The predicted molar refractivity (Wildman–Crippen MR) is 106 cm³/mol. The number of urea groups is 1. The van der Waals surface area contributed by atoms with E-state index in [-0.39, 0.29) is 0 Å². The van der Waals surface area contributed by atoms with E-state index < -0.39 is 6.03 Å². The number of benzene rings is 2. The number of amides is 2.